The zero-order valence-corrected chi connectivity index (χ0v) is 42.6. The van der Waals surface area contributed by atoms with Crippen LogP contribution in [-0.2, 0) is 30.2 Å². The van der Waals surface area contributed by atoms with Crippen molar-refractivity contribution in [1.29, 1.82) is 0 Å². The average Bonchev–Trinajstić information content (AvgIpc) is 3.50. The molecule has 3 rings (SSSR count). The van der Waals surface area contributed by atoms with Crippen LogP contribution in [0.1, 0.15) is 276 Å². The maximum Gasteiger partial charge on any atom is 0.309 e. The summed E-state index contributed by atoms with van der Waals surface area (Å²) < 4.78 is 32.5. The smallest absolute Gasteiger partial charge is 0.309 e. The minimum atomic E-state index is -1.37. The van der Waals surface area contributed by atoms with Gasteiger partial charge in [-0.25, -0.2) is 9.97 Å². The first-order valence-corrected chi connectivity index (χ1v) is 27.9. The van der Waals surface area contributed by atoms with Gasteiger partial charge in [0.2, 0.25) is 0 Å². The van der Waals surface area contributed by atoms with Gasteiger partial charge in [0.25, 0.3) is 0 Å². The molecule has 0 N–H and O–H groups in total. The van der Waals surface area contributed by atoms with E-state index in [4.69, 9.17) is 20.6 Å². The number of hydrogen-bond acceptors (Lipinski definition) is 8. The molecule has 0 bridgehead atoms. The van der Waals surface area contributed by atoms with E-state index in [1.165, 1.54) is 180 Å². The highest BCUT2D eigenvalue weighted by Crippen LogP contribution is 2.38. The van der Waals surface area contributed by atoms with Crippen molar-refractivity contribution in [3.05, 3.63) is 17.5 Å². The predicted molar refractivity (Wildman–Crippen MR) is 271 cm³/mol. The Morgan fingerprint density at radius 3 is 1.53 bits per heavy atom. The monoisotopic (exact) mass is 922 g/mol. The molecule has 0 amide bonds. The average molecular weight is 922 g/mol. The van der Waals surface area contributed by atoms with Gasteiger partial charge in [-0.3, -0.25) is 14.6 Å². The third-order valence-corrected chi connectivity index (χ3v) is 14.1. The number of carbonyl (C=O) groups is 2. The molecule has 376 valence electrons. The Labute approximate surface area is 403 Å². The van der Waals surface area contributed by atoms with Crippen molar-refractivity contribution in [1.82, 2.24) is 9.97 Å². The number of unbranched alkanes of at least 4 members (excludes halogenated alkanes) is 32. The van der Waals surface area contributed by atoms with Crippen LogP contribution >= 0.6 is 0 Å². The second-order valence-electron chi connectivity index (χ2n) is 20.1. The third kappa shape index (κ3) is 25.5. The van der Waals surface area contributed by atoms with Gasteiger partial charge in [-0.15, -0.1) is 6.42 Å². The van der Waals surface area contributed by atoms with Crippen LogP contribution < -0.4 is 0 Å². The van der Waals surface area contributed by atoms with Crippen LogP contribution in [0, 0.1) is 31.3 Å². The van der Waals surface area contributed by atoms with Crippen molar-refractivity contribution in [3.8, 4) is 12.3 Å². The van der Waals surface area contributed by atoms with E-state index in [2.05, 4.69) is 34.7 Å². The summed E-state index contributed by atoms with van der Waals surface area (Å²) in [5.74, 6) is 2.19. The van der Waals surface area contributed by atoms with Crippen LogP contribution in [0.5, 0.6) is 0 Å². The largest absolute Gasteiger partial charge is 0.461 e. The van der Waals surface area contributed by atoms with Crippen molar-refractivity contribution in [2.24, 2.45) is 10.9 Å². The molecule has 1 fully saturated rings. The first kappa shape index (κ1) is 57.5. The summed E-state index contributed by atoms with van der Waals surface area (Å²) in [4.78, 5) is 38.8. The topological polar surface area (TPSA) is 100.0 Å². The molecule has 9 heteroatoms. The van der Waals surface area contributed by atoms with Gasteiger partial charge in [0, 0.05) is 25.5 Å². The number of hydrogen-bond donors (Lipinski definition) is 0. The standard InChI is InChI=1S/C57H96FN3O5/c1-5-8-10-12-14-16-18-20-22-24-26-28-30-32-34-36-38-40-53(62)64-47-57(7-3)52(45-50(66-57)44-49-42-43-51-55(59-46-49)48(4)60-56(58)61-51)65-54(63)41-39-37-35-33-31-29-27-25-23-21-19-17-15-13-11-9-6-2/h3,46,49-50,52H,5-6,8-45,47H2,1-2,4H3/t49?,50-,52-,57+/m0/s1. The van der Waals surface area contributed by atoms with Gasteiger partial charge in [-0.05, 0) is 44.9 Å². The number of halogens is 1. The minimum absolute atomic E-state index is 0.00811. The maximum atomic E-state index is 14.0. The number of carbonyl (C=O) groups excluding carboxylic acids is 2. The number of rotatable bonds is 41. The lowest BCUT2D eigenvalue weighted by molar-refractivity contribution is -0.165. The normalized spacial score (nSPS) is 19.1. The van der Waals surface area contributed by atoms with E-state index in [1.807, 2.05) is 6.21 Å². The number of aromatic nitrogens is 2. The Morgan fingerprint density at radius 1 is 0.667 bits per heavy atom. The van der Waals surface area contributed by atoms with E-state index >= 15 is 0 Å². The second-order valence-corrected chi connectivity index (χ2v) is 20.1. The quantitative estimate of drug-likeness (QED) is 0.0279. The number of esters is 2. The number of nitrogens with zero attached hydrogens (tertiary/aromatic N) is 3. The van der Waals surface area contributed by atoms with Crippen molar-refractivity contribution in [2.75, 3.05) is 6.61 Å². The number of aryl methyl sites for hydroxylation is 2. The summed E-state index contributed by atoms with van der Waals surface area (Å²) in [6.07, 6.45) is 52.8. The molecule has 0 radical (unpaired) electrons. The van der Waals surface area contributed by atoms with Gasteiger partial charge in [0.05, 0.1) is 17.5 Å². The molecule has 1 aromatic rings. The zero-order valence-electron chi connectivity index (χ0n) is 42.6. The lowest BCUT2D eigenvalue weighted by Crippen LogP contribution is -2.45. The Hall–Kier alpha value is -2.86. The van der Waals surface area contributed by atoms with Crippen LogP contribution in [0.25, 0.3) is 0 Å². The lowest BCUT2D eigenvalue weighted by Gasteiger charge is -2.29. The first-order chi connectivity index (χ1) is 32.3. The van der Waals surface area contributed by atoms with Gasteiger partial charge >= 0.3 is 18.0 Å². The highest BCUT2D eigenvalue weighted by molar-refractivity contribution is 5.71. The number of fused-ring (bicyclic) bond motifs is 1. The fourth-order valence-corrected chi connectivity index (χ4v) is 9.92. The molecular formula is C57H96FN3O5. The predicted octanol–water partition coefficient (Wildman–Crippen LogP) is 16.3. The van der Waals surface area contributed by atoms with E-state index in [0.29, 0.717) is 55.6 Å². The summed E-state index contributed by atoms with van der Waals surface area (Å²) in [7, 11) is 0. The van der Waals surface area contributed by atoms with E-state index in [1.54, 1.807) is 6.92 Å². The summed E-state index contributed by atoms with van der Waals surface area (Å²) in [6, 6.07) is 0. The summed E-state index contributed by atoms with van der Waals surface area (Å²) >= 11 is 0. The van der Waals surface area contributed by atoms with E-state index in [-0.39, 0.29) is 30.6 Å². The van der Waals surface area contributed by atoms with Crippen molar-refractivity contribution in [3.63, 3.8) is 0 Å². The Balaban J connectivity index is 1.35. The van der Waals surface area contributed by atoms with Crippen LogP contribution in [0.15, 0.2) is 4.99 Å². The molecular weight excluding hydrogens is 826 g/mol. The molecule has 1 unspecified atom stereocenters. The van der Waals surface area contributed by atoms with Crippen LogP contribution in [0.4, 0.5) is 10.1 Å². The van der Waals surface area contributed by atoms with Crippen molar-refractivity contribution < 1.29 is 28.2 Å². The van der Waals surface area contributed by atoms with Gasteiger partial charge in [0.15, 0.2) is 5.60 Å². The molecule has 4 atom stereocenters. The van der Waals surface area contributed by atoms with Gasteiger partial charge < -0.3 is 14.2 Å². The maximum absolute atomic E-state index is 14.0. The first-order valence-electron chi connectivity index (χ1n) is 27.9. The molecule has 1 aromatic heterocycles. The van der Waals surface area contributed by atoms with Gasteiger partial charge in [0.1, 0.15) is 18.4 Å². The molecule has 0 saturated carbocycles. The number of terminal acetylenes is 1. The molecule has 0 spiro atoms. The highest BCUT2D eigenvalue weighted by atomic mass is 19.1. The van der Waals surface area contributed by atoms with Crippen LogP contribution in [0.2, 0.25) is 0 Å². The summed E-state index contributed by atoms with van der Waals surface area (Å²) in [5.41, 5.74) is 0.369. The van der Waals surface area contributed by atoms with Gasteiger partial charge in [-0.1, -0.05) is 225 Å². The van der Waals surface area contributed by atoms with Crippen LogP contribution in [-0.4, -0.2) is 52.5 Å². The van der Waals surface area contributed by atoms with E-state index in [0.717, 1.165) is 38.5 Å². The minimum Gasteiger partial charge on any atom is -0.461 e. The Bertz CT molecular complexity index is 1500. The fraction of sp³-hybridized carbons (Fsp3) is 0.842. The van der Waals surface area contributed by atoms with Crippen LogP contribution in [0.3, 0.4) is 0 Å². The van der Waals surface area contributed by atoms with E-state index in [9.17, 15) is 14.0 Å². The molecule has 2 aliphatic rings. The second kappa shape index (κ2) is 37.1. The Morgan fingerprint density at radius 2 is 1.09 bits per heavy atom. The molecule has 0 aliphatic carbocycles. The molecule has 0 aromatic carbocycles. The molecule has 66 heavy (non-hydrogen) atoms. The molecule has 2 aliphatic heterocycles. The SMILES string of the molecule is C#C[C@]1(COC(=O)CCCCCCCCCCCCCCCCCCC)O[C@@H](CC2C=Nc3c(C)nc(F)nc3CC2)C[C@@H]1OC(=O)CCCCCCCCCCCCCCCCCCC. The summed E-state index contributed by atoms with van der Waals surface area (Å²) in [6.45, 7) is 6.13. The fourth-order valence-electron chi connectivity index (χ4n) is 9.92. The number of aliphatic imine (C=N–C) groups is 1. The Kier molecular flexibility index (Phi) is 32.3. The van der Waals surface area contributed by atoms with Gasteiger partial charge in [-0.2, -0.15) is 4.39 Å². The zero-order chi connectivity index (χ0) is 47.3. The molecule has 8 nitrogen and oxygen atoms in total. The van der Waals surface area contributed by atoms with Crippen molar-refractivity contribution in [2.45, 2.75) is 295 Å². The lowest BCUT2D eigenvalue weighted by atomic mass is 9.93. The molecule has 3 heterocycles. The third-order valence-electron chi connectivity index (χ3n) is 14.1. The molecule has 1 saturated heterocycles. The highest BCUT2D eigenvalue weighted by Gasteiger charge is 2.51. The van der Waals surface area contributed by atoms with E-state index < -0.39 is 17.8 Å². The van der Waals surface area contributed by atoms with Crippen molar-refractivity contribution >= 4 is 23.8 Å². The number of ether oxygens (including phenoxy) is 3. The summed E-state index contributed by atoms with van der Waals surface area (Å²) in [5, 5.41) is 0.